The van der Waals surface area contributed by atoms with Crippen LogP contribution in [0.1, 0.15) is 21.8 Å². The van der Waals surface area contributed by atoms with Crippen LogP contribution in [0.4, 0.5) is 0 Å². The van der Waals surface area contributed by atoms with Crippen LogP contribution >= 0.6 is 0 Å². The Morgan fingerprint density at radius 3 is 2.22 bits per heavy atom. The van der Waals surface area contributed by atoms with Gasteiger partial charge in [-0.1, -0.05) is 18.2 Å². The molecular weight excluding hydrogens is 238 g/mol. The number of hydrogen-bond donors (Lipinski definition) is 1. The first kappa shape index (κ1) is 13.7. The van der Waals surface area contributed by atoms with Gasteiger partial charge in [0.2, 0.25) is 5.91 Å². The van der Waals surface area contributed by atoms with Crippen LogP contribution in [0.5, 0.6) is 0 Å². The van der Waals surface area contributed by atoms with Crippen LogP contribution in [-0.4, -0.2) is 32.1 Å². The molecule has 1 unspecified atom stereocenters. The number of amides is 1. The molecule has 1 aromatic carbocycles. The van der Waals surface area contributed by atoms with Crippen molar-refractivity contribution in [2.45, 2.75) is 5.92 Å². The summed E-state index contributed by atoms with van der Waals surface area (Å²) in [7, 11) is 2.34. The molecule has 0 heterocycles. The largest absolute Gasteiger partial charge is 0.468 e. The SMILES string of the molecule is COC(=O)c1ccccc1C(C(N)=O)C(=O)OC. The van der Waals surface area contributed by atoms with Crippen molar-refractivity contribution in [3.63, 3.8) is 0 Å². The van der Waals surface area contributed by atoms with E-state index in [9.17, 15) is 14.4 Å². The highest BCUT2D eigenvalue weighted by atomic mass is 16.5. The number of rotatable bonds is 4. The molecular formula is C12H13NO5. The van der Waals surface area contributed by atoms with E-state index in [0.29, 0.717) is 0 Å². The molecule has 1 rings (SSSR count). The van der Waals surface area contributed by atoms with Crippen molar-refractivity contribution in [3.8, 4) is 0 Å². The van der Waals surface area contributed by atoms with E-state index in [1.807, 2.05) is 0 Å². The lowest BCUT2D eigenvalue weighted by Crippen LogP contribution is -2.30. The van der Waals surface area contributed by atoms with E-state index in [4.69, 9.17) is 5.73 Å². The summed E-state index contributed by atoms with van der Waals surface area (Å²) in [6, 6.07) is 6.07. The van der Waals surface area contributed by atoms with Gasteiger partial charge in [0.25, 0.3) is 0 Å². The van der Waals surface area contributed by atoms with Gasteiger partial charge in [-0.2, -0.15) is 0 Å². The standard InChI is InChI=1S/C12H13NO5/c1-17-11(15)8-6-4-3-5-7(8)9(10(13)14)12(16)18-2/h3-6,9H,1-2H3,(H2,13,14). The molecule has 2 N–H and O–H groups in total. The maximum Gasteiger partial charge on any atom is 0.338 e. The number of esters is 2. The fourth-order valence-electron chi connectivity index (χ4n) is 1.56. The zero-order chi connectivity index (χ0) is 13.7. The Morgan fingerprint density at radius 2 is 1.72 bits per heavy atom. The number of methoxy groups -OCH3 is 2. The molecule has 0 radical (unpaired) electrons. The summed E-state index contributed by atoms with van der Waals surface area (Å²) in [6.45, 7) is 0. The first-order valence-electron chi connectivity index (χ1n) is 5.07. The Morgan fingerprint density at radius 1 is 1.11 bits per heavy atom. The maximum absolute atomic E-state index is 11.5. The number of hydrogen-bond acceptors (Lipinski definition) is 5. The second-order valence-electron chi connectivity index (χ2n) is 3.44. The van der Waals surface area contributed by atoms with Crippen molar-refractivity contribution in [2.24, 2.45) is 5.73 Å². The highest BCUT2D eigenvalue weighted by molar-refractivity contribution is 6.05. The minimum atomic E-state index is -1.33. The van der Waals surface area contributed by atoms with Crippen molar-refractivity contribution in [1.82, 2.24) is 0 Å². The summed E-state index contributed by atoms with van der Waals surface area (Å²) < 4.78 is 9.08. The van der Waals surface area contributed by atoms with E-state index >= 15 is 0 Å². The third kappa shape index (κ3) is 2.65. The number of carbonyl (C=O) groups is 3. The molecule has 1 amide bonds. The van der Waals surface area contributed by atoms with Crippen LogP contribution in [0.2, 0.25) is 0 Å². The molecule has 0 saturated carbocycles. The monoisotopic (exact) mass is 251 g/mol. The third-order valence-electron chi connectivity index (χ3n) is 2.40. The molecule has 0 aromatic heterocycles. The van der Waals surface area contributed by atoms with Crippen molar-refractivity contribution in [3.05, 3.63) is 35.4 Å². The Kier molecular flexibility index (Phi) is 4.42. The van der Waals surface area contributed by atoms with Crippen LogP contribution in [0.3, 0.4) is 0 Å². The van der Waals surface area contributed by atoms with Crippen LogP contribution < -0.4 is 5.73 Å². The summed E-state index contributed by atoms with van der Waals surface area (Å²) in [5, 5.41) is 0. The van der Waals surface area contributed by atoms with Crippen LogP contribution in [0.15, 0.2) is 24.3 Å². The van der Waals surface area contributed by atoms with Crippen molar-refractivity contribution in [2.75, 3.05) is 14.2 Å². The van der Waals surface area contributed by atoms with Gasteiger partial charge >= 0.3 is 11.9 Å². The predicted octanol–water partition coefficient (Wildman–Crippen LogP) is 0.215. The van der Waals surface area contributed by atoms with E-state index in [1.54, 1.807) is 12.1 Å². The average molecular weight is 251 g/mol. The van der Waals surface area contributed by atoms with Crippen molar-refractivity contribution >= 4 is 17.8 Å². The molecule has 1 atom stereocenters. The molecule has 1 aromatic rings. The number of carbonyl (C=O) groups excluding carboxylic acids is 3. The summed E-state index contributed by atoms with van der Waals surface area (Å²) >= 11 is 0. The predicted molar refractivity (Wildman–Crippen MR) is 61.7 cm³/mol. The van der Waals surface area contributed by atoms with Gasteiger partial charge in [0.15, 0.2) is 5.92 Å². The summed E-state index contributed by atoms with van der Waals surface area (Å²) in [5.74, 6) is -3.69. The Hall–Kier alpha value is -2.37. The van der Waals surface area contributed by atoms with Gasteiger partial charge in [-0.3, -0.25) is 9.59 Å². The van der Waals surface area contributed by atoms with Crippen molar-refractivity contribution < 1.29 is 23.9 Å². The molecule has 0 spiro atoms. The lowest BCUT2D eigenvalue weighted by atomic mass is 9.93. The number of nitrogens with two attached hydrogens (primary N) is 1. The quantitative estimate of drug-likeness (QED) is 0.609. The molecule has 6 heteroatoms. The first-order valence-corrected chi connectivity index (χ1v) is 5.07. The topological polar surface area (TPSA) is 95.7 Å². The fraction of sp³-hybridized carbons (Fsp3) is 0.250. The number of ether oxygens (including phenoxy) is 2. The summed E-state index contributed by atoms with van der Waals surface area (Å²) in [5.41, 5.74) is 5.44. The maximum atomic E-state index is 11.5. The minimum absolute atomic E-state index is 0.106. The highest BCUT2D eigenvalue weighted by Crippen LogP contribution is 2.22. The van der Waals surface area contributed by atoms with E-state index in [-0.39, 0.29) is 11.1 Å². The Balaban J connectivity index is 3.32. The Labute approximate surface area is 104 Å². The van der Waals surface area contributed by atoms with E-state index in [0.717, 1.165) is 7.11 Å². The van der Waals surface area contributed by atoms with Gasteiger partial charge in [-0.25, -0.2) is 4.79 Å². The second kappa shape index (κ2) is 5.81. The van der Waals surface area contributed by atoms with E-state index in [1.165, 1.54) is 19.2 Å². The van der Waals surface area contributed by atoms with Gasteiger partial charge in [0, 0.05) is 0 Å². The lowest BCUT2D eigenvalue weighted by Gasteiger charge is -2.14. The van der Waals surface area contributed by atoms with Crippen molar-refractivity contribution in [1.29, 1.82) is 0 Å². The van der Waals surface area contributed by atoms with Gasteiger partial charge in [-0.15, -0.1) is 0 Å². The van der Waals surface area contributed by atoms with E-state index in [2.05, 4.69) is 9.47 Å². The van der Waals surface area contributed by atoms with Gasteiger partial charge < -0.3 is 15.2 Å². The molecule has 96 valence electrons. The number of benzene rings is 1. The minimum Gasteiger partial charge on any atom is -0.468 e. The van der Waals surface area contributed by atoms with Gasteiger partial charge in [0.05, 0.1) is 19.8 Å². The molecule has 0 aliphatic heterocycles. The molecule has 6 nitrogen and oxygen atoms in total. The van der Waals surface area contributed by atoms with Crippen LogP contribution in [0.25, 0.3) is 0 Å². The Bertz CT molecular complexity index is 483. The number of primary amides is 1. The smallest absolute Gasteiger partial charge is 0.338 e. The third-order valence-corrected chi connectivity index (χ3v) is 2.40. The molecule has 18 heavy (non-hydrogen) atoms. The molecule has 0 saturated heterocycles. The summed E-state index contributed by atoms with van der Waals surface area (Å²) in [4.78, 5) is 34.4. The summed E-state index contributed by atoms with van der Waals surface area (Å²) in [6.07, 6.45) is 0. The molecule has 0 bridgehead atoms. The molecule has 0 fully saturated rings. The first-order chi connectivity index (χ1) is 8.52. The van der Waals surface area contributed by atoms with Crippen LogP contribution in [-0.2, 0) is 19.1 Å². The zero-order valence-electron chi connectivity index (χ0n) is 10.0. The highest BCUT2D eigenvalue weighted by Gasteiger charge is 2.31. The van der Waals surface area contributed by atoms with Crippen LogP contribution in [0, 0.1) is 0 Å². The van der Waals surface area contributed by atoms with Gasteiger partial charge in [0.1, 0.15) is 0 Å². The lowest BCUT2D eigenvalue weighted by molar-refractivity contribution is -0.145. The zero-order valence-corrected chi connectivity index (χ0v) is 10.0. The van der Waals surface area contributed by atoms with Gasteiger partial charge in [-0.05, 0) is 11.6 Å². The molecule has 0 aliphatic rings. The average Bonchev–Trinajstić information content (AvgIpc) is 2.38. The second-order valence-corrected chi connectivity index (χ2v) is 3.44. The fourth-order valence-corrected chi connectivity index (χ4v) is 1.56. The molecule has 0 aliphatic carbocycles. The normalized spacial score (nSPS) is 11.4. The van der Waals surface area contributed by atoms with E-state index < -0.39 is 23.8 Å².